The molecule has 3 aromatic carbocycles. The van der Waals surface area contributed by atoms with E-state index in [2.05, 4.69) is 10.3 Å². The van der Waals surface area contributed by atoms with E-state index in [-0.39, 0.29) is 49.2 Å². The summed E-state index contributed by atoms with van der Waals surface area (Å²) < 4.78 is 64.8. The van der Waals surface area contributed by atoms with E-state index in [1.54, 1.807) is 0 Å². The van der Waals surface area contributed by atoms with Crippen LogP contribution in [-0.2, 0) is 4.74 Å². The lowest BCUT2D eigenvalue weighted by atomic mass is 9.96. The van der Waals surface area contributed by atoms with Crippen molar-refractivity contribution in [3.8, 4) is 0 Å². The number of aliphatic hydroxyl groups excluding tert-OH is 3. The smallest absolute Gasteiger partial charge is 0.304 e. The fourth-order valence-corrected chi connectivity index (χ4v) is 5.88. The number of rotatable bonds is 2. The van der Waals surface area contributed by atoms with E-state index in [4.69, 9.17) is 4.74 Å². The second kappa shape index (κ2) is 7.76. The molecule has 4 atom stereocenters. The van der Waals surface area contributed by atoms with Crippen molar-refractivity contribution in [3.05, 3.63) is 59.2 Å². The van der Waals surface area contributed by atoms with Gasteiger partial charge in [-0.05, 0) is 36.4 Å². The molecule has 0 spiro atoms. The molecule has 4 unspecified atom stereocenters. The first-order valence-electron chi connectivity index (χ1n) is 11.8. The lowest BCUT2D eigenvalue weighted by molar-refractivity contribution is -0.309. The number of carbonyl (C=O) groups is 2. The number of fused-ring (bicyclic) bond motifs is 10. The number of nitrogens with zero attached hydrogens (tertiary/aromatic N) is 1. The van der Waals surface area contributed by atoms with Crippen molar-refractivity contribution in [3.63, 3.8) is 0 Å². The first kappa shape index (κ1) is 24.0. The number of benzene rings is 3. The number of amides is 2. The van der Waals surface area contributed by atoms with Crippen LogP contribution in [0.4, 0.5) is 17.6 Å². The zero-order valence-electron chi connectivity index (χ0n) is 19.5. The van der Waals surface area contributed by atoms with Crippen molar-refractivity contribution >= 4 is 55.4 Å². The Morgan fingerprint density at radius 1 is 0.949 bits per heavy atom. The highest BCUT2D eigenvalue weighted by atomic mass is 19.3. The van der Waals surface area contributed by atoms with Crippen LogP contribution in [0.1, 0.15) is 26.9 Å². The first-order valence-corrected chi connectivity index (χ1v) is 11.8. The maximum absolute atomic E-state index is 14.6. The lowest BCUT2D eigenvalue weighted by Crippen LogP contribution is -2.60. The second-order valence-corrected chi connectivity index (χ2v) is 9.66. The van der Waals surface area contributed by atoms with Crippen LogP contribution in [0.15, 0.2) is 36.4 Å². The molecule has 5 N–H and O–H groups in total. The largest absolute Gasteiger partial charge is 0.393 e. The van der Waals surface area contributed by atoms with Crippen molar-refractivity contribution in [2.75, 3.05) is 6.61 Å². The first-order chi connectivity index (χ1) is 18.5. The minimum atomic E-state index is -4.02. The summed E-state index contributed by atoms with van der Waals surface area (Å²) >= 11 is 0. The van der Waals surface area contributed by atoms with Crippen LogP contribution < -0.4 is 5.32 Å². The molecule has 9 nitrogen and oxygen atoms in total. The van der Waals surface area contributed by atoms with Gasteiger partial charge in [0.05, 0.1) is 34.3 Å². The molecule has 2 aromatic heterocycles. The topological polar surface area (TPSA) is 137 Å². The van der Waals surface area contributed by atoms with E-state index in [0.717, 1.165) is 18.2 Å². The summed E-state index contributed by atoms with van der Waals surface area (Å²) in [5.41, 5.74) is 0.416. The van der Waals surface area contributed by atoms with E-state index in [9.17, 15) is 42.5 Å². The van der Waals surface area contributed by atoms with E-state index < -0.39 is 60.5 Å². The predicted molar refractivity (Wildman–Crippen MR) is 128 cm³/mol. The summed E-state index contributed by atoms with van der Waals surface area (Å²) in [5, 5.41) is 33.5. The van der Waals surface area contributed by atoms with Gasteiger partial charge in [0.15, 0.2) is 12.3 Å². The Bertz CT molecular complexity index is 1910. The molecular weight excluding hydrogens is 526 g/mol. The van der Waals surface area contributed by atoms with Gasteiger partial charge in [0, 0.05) is 27.1 Å². The number of aromatic amines is 1. The molecule has 1 saturated heterocycles. The molecule has 4 heterocycles. The van der Waals surface area contributed by atoms with Crippen molar-refractivity contribution < 1.29 is 47.2 Å². The molecule has 2 aliphatic heterocycles. The van der Waals surface area contributed by atoms with Crippen LogP contribution in [0.2, 0.25) is 0 Å². The Balaban J connectivity index is 1.71. The minimum absolute atomic E-state index is 0.0453. The van der Waals surface area contributed by atoms with Crippen LogP contribution in [0.3, 0.4) is 0 Å². The zero-order valence-corrected chi connectivity index (χ0v) is 19.5. The van der Waals surface area contributed by atoms with Gasteiger partial charge in [-0.3, -0.25) is 14.9 Å². The van der Waals surface area contributed by atoms with Crippen LogP contribution in [0, 0.1) is 11.6 Å². The number of halogens is 4. The van der Waals surface area contributed by atoms with Gasteiger partial charge in [-0.2, -0.15) is 0 Å². The number of carbonyl (C=O) groups excluding carboxylic acids is 2. The number of aromatic nitrogens is 2. The molecule has 0 radical (unpaired) electrons. The van der Waals surface area contributed by atoms with Gasteiger partial charge in [0.2, 0.25) is 0 Å². The van der Waals surface area contributed by atoms with Gasteiger partial charge in [-0.1, -0.05) is 0 Å². The Morgan fingerprint density at radius 2 is 1.59 bits per heavy atom. The number of aliphatic hydroxyl groups is 3. The Labute approximate surface area is 214 Å². The summed E-state index contributed by atoms with van der Waals surface area (Å²) in [4.78, 5) is 29.2. The molecule has 5 aromatic rings. The molecule has 39 heavy (non-hydrogen) atoms. The Kier molecular flexibility index (Phi) is 4.78. The maximum Gasteiger partial charge on any atom is 0.304 e. The van der Waals surface area contributed by atoms with Crippen molar-refractivity contribution in [2.24, 2.45) is 0 Å². The number of hydrogen-bond acceptors (Lipinski definition) is 6. The third kappa shape index (κ3) is 2.98. The van der Waals surface area contributed by atoms with Crippen LogP contribution in [0.25, 0.3) is 43.6 Å². The van der Waals surface area contributed by atoms with E-state index in [1.165, 1.54) is 22.8 Å². The summed E-state index contributed by atoms with van der Waals surface area (Å²) in [6, 6.07) is 7.13. The zero-order chi connectivity index (χ0) is 27.5. The van der Waals surface area contributed by atoms with E-state index in [1.807, 2.05) is 0 Å². The molecular formula is C26H17F4N3O6. The van der Waals surface area contributed by atoms with Crippen LogP contribution >= 0.6 is 0 Å². The Hall–Kier alpha value is -4.04. The quantitative estimate of drug-likeness (QED) is 0.172. The Morgan fingerprint density at radius 3 is 2.28 bits per heavy atom. The average Bonchev–Trinajstić information content (AvgIpc) is 3.51. The summed E-state index contributed by atoms with van der Waals surface area (Å²) in [5.74, 6) is -6.96. The SMILES string of the molecule is O=C1NC(=O)c2c1c1c3cc(F)ccc3[nH]c1c1c2c2cc(F)ccc2n1C1OC(CO)C(F)(F)C(O)C1O. The summed E-state index contributed by atoms with van der Waals surface area (Å²) in [6.07, 6.45) is -8.88. The molecule has 0 aliphatic carbocycles. The number of hydrogen-bond donors (Lipinski definition) is 5. The third-order valence-electron chi connectivity index (χ3n) is 7.56. The van der Waals surface area contributed by atoms with Gasteiger partial charge >= 0.3 is 5.92 Å². The van der Waals surface area contributed by atoms with Gasteiger partial charge in [-0.25, -0.2) is 17.6 Å². The predicted octanol–water partition coefficient (Wildman–Crippen LogP) is 2.84. The number of nitrogens with one attached hydrogen (secondary N) is 2. The fraction of sp³-hybridized carbons (Fsp3) is 0.231. The van der Waals surface area contributed by atoms with Crippen molar-refractivity contribution in [1.82, 2.24) is 14.9 Å². The average molecular weight is 543 g/mol. The van der Waals surface area contributed by atoms with Crippen molar-refractivity contribution in [1.29, 1.82) is 0 Å². The molecule has 0 bridgehead atoms. The number of H-pyrrole nitrogens is 1. The molecule has 2 aliphatic rings. The van der Waals surface area contributed by atoms with Gasteiger partial charge in [0.1, 0.15) is 23.8 Å². The molecule has 0 saturated carbocycles. The molecule has 7 rings (SSSR count). The van der Waals surface area contributed by atoms with Gasteiger partial charge in [0.25, 0.3) is 11.8 Å². The fourth-order valence-electron chi connectivity index (χ4n) is 5.88. The van der Waals surface area contributed by atoms with E-state index >= 15 is 0 Å². The minimum Gasteiger partial charge on any atom is -0.393 e. The summed E-state index contributed by atoms with van der Waals surface area (Å²) in [7, 11) is 0. The van der Waals surface area contributed by atoms with Crippen LogP contribution in [0.5, 0.6) is 0 Å². The monoisotopic (exact) mass is 543 g/mol. The van der Waals surface area contributed by atoms with E-state index in [0.29, 0.717) is 5.52 Å². The number of imide groups is 1. The molecule has 1 fully saturated rings. The second-order valence-electron chi connectivity index (χ2n) is 9.66. The lowest BCUT2D eigenvalue weighted by Gasteiger charge is -2.42. The maximum atomic E-state index is 14.6. The normalized spacial score (nSPS) is 24.8. The standard InChI is InChI=1S/C26H17F4N3O6/c27-8-1-3-12-10(5-8)15-17-18(24(38)32-23(17)37)16-11-6-9(28)2-4-13(11)33(20(16)19(15)31-12)25-21(35)22(36)26(29,30)14(7-34)39-25/h1-6,14,21-22,25,31,34-36H,7H2,(H,32,37,38). The molecule has 200 valence electrons. The number of alkyl halides is 2. The van der Waals surface area contributed by atoms with Crippen molar-refractivity contribution in [2.45, 2.75) is 30.5 Å². The highest BCUT2D eigenvalue weighted by Crippen LogP contribution is 2.47. The van der Waals surface area contributed by atoms with Crippen LogP contribution in [-0.4, -0.2) is 67.5 Å². The molecule has 2 amide bonds. The van der Waals surface area contributed by atoms with Gasteiger partial charge < -0.3 is 29.6 Å². The highest BCUT2D eigenvalue weighted by molar-refractivity contribution is 6.39. The highest BCUT2D eigenvalue weighted by Gasteiger charge is 2.58. The summed E-state index contributed by atoms with van der Waals surface area (Å²) in [6.45, 7) is -1.20. The molecule has 13 heteroatoms. The third-order valence-corrected chi connectivity index (χ3v) is 7.56. The number of ether oxygens (including phenoxy) is 1. The van der Waals surface area contributed by atoms with Gasteiger partial charge in [-0.15, -0.1) is 0 Å².